The summed E-state index contributed by atoms with van der Waals surface area (Å²) >= 11 is 0. The molecular formula is C24H26N2O3. The third kappa shape index (κ3) is 5.82. The predicted molar refractivity (Wildman–Crippen MR) is 115 cm³/mol. The van der Waals surface area contributed by atoms with Gasteiger partial charge >= 0.3 is 5.97 Å². The van der Waals surface area contributed by atoms with E-state index < -0.39 is 0 Å². The van der Waals surface area contributed by atoms with Crippen LogP contribution in [0.1, 0.15) is 24.5 Å². The molecule has 5 heteroatoms. The lowest BCUT2D eigenvalue weighted by atomic mass is 10.1. The van der Waals surface area contributed by atoms with Crippen molar-refractivity contribution >= 4 is 11.7 Å². The topological polar surface area (TPSA) is 60.5 Å². The van der Waals surface area contributed by atoms with Crippen molar-refractivity contribution in [1.29, 1.82) is 0 Å². The highest BCUT2D eigenvalue weighted by atomic mass is 16.5. The molecule has 0 unspecified atom stereocenters. The van der Waals surface area contributed by atoms with Gasteiger partial charge in [0.2, 0.25) is 5.88 Å². The normalized spacial score (nSPS) is 10.4. The Morgan fingerprint density at radius 2 is 1.79 bits per heavy atom. The number of anilines is 1. The lowest BCUT2D eigenvalue weighted by Gasteiger charge is -2.12. The molecule has 0 radical (unpaired) electrons. The first kappa shape index (κ1) is 20.4. The average Bonchev–Trinajstić information content (AvgIpc) is 2.77. The third-order valence-electron chi connectivity index (χ3n) is 4.59. The van der Waals surface area contributed by atoms with Crippen LogP contribution in [0.5, 0.6) is 5.88 Å². The van der Waals surface area contributed by atoms with Crippen molar-refractivity contribution in [2.24, 2.45) is 0 Å². The molecule has 0 bridgehead atoms. The van der Waals surface area contributed by atoms with E-state index in [0.29, 0.717) is 31.9 Å². The summed E-state index contributed by atoms with van der Waals surface area (Å²) in [6, 6.07) is 20.3. The highest BCUT2D eigenvalue weighted by molar-refractivity contribution is 5.69. The number of carbonyl (C=O) groups excluding carboxylic acids is 1. The predicted octanol–water partition coefficient (Wildman–Crippen LogP) is 4.87. The van der Waals surface area contributed by atoms with Crippen molar-refractivity contribution < 1.29 is 14.3 Å². The summed E-state index contributed by atoms with van der Waals surface area (Å²) in [6.07, 6.45) is 2.90. The highest BCUT2D eigenvalue weighted by Gasteiger charge is 2.08. The summed E-state index contributed by atoms with van der Waals surface area (Å²) in [5.74, 6) is 0.454. The molecule has 0 amide bonds. The number of rotatable bonds is 9. The molecule has 1 aromatic heterocycles. The second-order valence-corrected chi connectivity index (χ2v) is 6.61. The van der Waals surface area contributed by atoms with Gasteiger partial charge in [-0.15, -0.1) is 0 Å². The summed E-state index contributed by atoms with van der Waals surface area (Å²) < 4.78 is 10.4. The number of aryl methyl sites for hydroxylation is 1. The molecular weight excluding hydrogens is 364 g/mol. The Balaban J connectivity index is 1.64. The Labute approximate surface area is 171 Å². The summed E-state index contributed by atoms with van der Waals surface area (Å²) in [6.45, 7) is 2.84. The molecule has 3 rings (SSSR count). The molecule has 5 nitrogen and oxygen atoms in total. The second kappa shape index (κ2) is 10.3. The van der Waals surface area contributed by atoms with E-state index in [-0.39, 0.29) is 5.97 Å². The van der Waals surface area contributed by atoms with E-state index >= 15 is 0 Å². The number of hydrogen-bond acceptors (Lipinski definition) is 5. The van der Waals surface area contributed by atoms with Crippen LogP contribution >= 0.6 is 0 Å². The zero-order valence-electron chi connectivity index (χ0n) is 16.9. The van der Waals surface area contributed by atoms with Crippen LogP contribution in [0.15, 0.2) is 66.9 Å². The lowest BCUT2D eigenvalue weighted by molar-refractivity contribution is -0.143. The van der Waals surface area contributed by atoms with Gasteiger partial charge in [-0.3, -0.25) is 4.79 Å². The largest absolute Gasteiger partial charge is 0.481 e. The summed E-state index contributed by atoms with van der Waals surface area (Å²) in [7, 11) is 1.63. The van der Waals surface area contributed by atoms with Crippen LogP contribution in [0.25, 0.3) is 11.1 Å². The Morgan fingerprint density at radius 1 is 1.03 bits per heavy atom. The van der Waals surface area contributed by atoms with Crippen molar-refractivity contribution in [1.82, 2.24) is 4.98 Å². The second-order valence-electron chi connectivity index (χ2n) is 6.61. The lowest BCUT2D eigenvalue weighted by Crippen LogP contribution is -2.05. The maximum Gasteiger partial charge on any atom is 0.306 e. The number of nitrogens with one attached hydrogen (secondary N) is 1. The molecule has 1 N–H and O–H groups in total. The van der Waals surface area contributed by atoms with Crippen molar-refractivity contribution in [3.8, 4) is 17.0 Å². The quantitative estimate of drug-likeness (QED) is 0.529. The van der Waals surface area contributed by atoms with Crippen LogP contribution in [0.2, 0.25) is 0 Å². The van der Waals surface area contributed by atoms with Crippen molar-refractivity contribution in [2.75, 3.05) is 19.0 Å². The smallest absolute Gasteiger partial charge is 0.306 e. The van der Waals surface area contributed by atoms with Gasteiger partial charge in [0.15, 0.2) is 0 Å². The molecule has 0 saturated heterocycles. The van der Waals surface area contributed by atoms with E-state index in [2.05, 4.69) is 28.5 Å². The standard InChI is InChI=1S/C24H26N2O3/c1-3-29-23(27)14-11-18-9-12-22(13-10-18)25-17-21-15-20(16-26-24(21)28-2)19-7-5-4-6-8-19/h4-10,12-13,15-16,25H,3,11,14,17H2,1-2H3. The Kier molecular flexibility index (Phi) is 7.22. The maximum absolute atomic E-state index is 11.5. The fourth-order valence-electron chi connectivity index (χ4n) is 3.06. The molecule has 150 valence electrons. The van der Waals surface area contributed by atoms with Crippen LogP contribution < -0.4 is 10.1 Å². The van der Waals surface area contributed by atoms with Gasteiger partial charge in [0.1, 0.15) is 0 Å². The molecule has 3 aromatic rings. The third-order valence-corrected chi connectivity index (χ3v) is 4.59. The average molecular weight is 390 g/mol. The summed E-state index contributed by atoms with van der Waals surface area (Å²) in [5.41, 5.74) is 5.26. The first-order valence-electron chi connectivity index (χ1n) is 9.76. The van der Waals surface area contributed by atoms with Crippen LogP contribution in [0.4, 0.5) is 5.69 Å². The molecule has 29 heavy (non-hydrogen) atoms. The zero-order valence-corrected chi connectivity index (χ0v) is 16.9. The molecule has 0 aliphatic rings. The minimum atomic E-state index is -0.160. The number of pyridine rings is 1. The molecule has 0 saturated carbocycles. The first-order valence-corrected chi connectivity index (χ1v) is 9.76. The Hall–Kier alpha value is -3.34. The van der Waals surface area contributed by atoms with Gasteiger partial charge in [-0.25, -0.2) is 4.98 Å². The number of aromatic nitrogens is 1. The number of benzene rings is 2. The number of hydrogen-bond donors (Lipinski definition) is 1. The zero-order chi connectivity index (χ0) is 20.5. The van der Waals surface area contributed by atoms with Crippen molar-refractivity contribution in [3.63, 3.8) is 0 Å². The van der Waals surface area contributed by atoms with Crippen molar-refractivity contribution in [3.05, 3.63) is 78.0 Å². The van der Waals surface area contributed by atoms with Crippen LogP contribution in [-0.4, -0.2) is 24.7 Å². The van der Waals surface area contributed by atoms with E-state index in [1.165, 1.54) is 0 Å². The molecule has 0 aliphatic heterocycles. The van der Waals surface area contributed by atoms with E-state index in [4.69, 9.17) is 9.47 Å². The van der Waals surface area contributed by atoms with Crippen LogP contribution in [0, 0.1) is 0 Å². The number of esters is 1. The van der Waals surface area contributed by atoms with E-state index in [0.717, 1.165) is 27.9 Å². The fraction of sp³-hybridized carbons (Fsp3) is 0.250. The van der Waals surface area contributed by atoms with Crippen molar-refractivity contribution in [2.45, 2.75) is 26.3 Å². The molecule has 1 heterocycles. The molecule has 0 spiro atoms. The molecule has 0 aliphatic carbocycles. The van der Waals surface area contributed by atoms with Gasteiger partial charge < -0.3 is 14.8 Å². The SMILES string of the molecule is CCOC(=O)CCc1ccc(NCc2cc(-c3ccccc3)cnc2OC)cc1. The Morgan fingerprint density at radius 3 is 2.48 bits per heavy atom. The van der Waals surface area contributed by atoms with E-state index in [9.17, 15) is 4.79 Å². The van der Waals surface area contributed by atoms with Crippen LogP contribution in [-0.2, 0) is 22.5 Å². The monoisotopic (exact) mass is 390 g/mol. The van der Waals surface area contributed by atoms with Gasteiger partial charge in [-0.1, -0.05) is 42.5 Å². The van der Waals surface area contributed by atoms with Gasteiger partial charge in [0.05, 0.1) is 13.7 Å². The maximum atomic E-state index is 11.5. The number of ether oxygens (including phenoxy) is 2. The summed E-state index contributed by atoms with van der Waals surface area (Å²) in [4.78, 5) is 15.9. The fourth-order valence-corrected chi connectivity index (χ4v) is 3.06. The minimum Gasteiger partial charge on any atom is -0.481 e. The van der Waals surface area contributed by atoms with Gasteiger partial charge in [0, 0.05) is 36.0 Å². The molecule has 0 atom stereocenters. The number of carbonyl (C=O) groups is 1. The van der Waals surface area contributed by atoms with Gasteiger partial charge in [-0.2, -0.15) is 0 Å². The minimum absolute atomic E-state index is 0.160. The molecule has 0 fully saturated rings. The summed E-state index contributed by atoms with van der Waals surface area (Å²) in [5, 5.41) is 3.42. The Bertz CT molecular complexity index is 925. The van der Waals surface area contributed by atoms with E-state index in [1.807, 2.05) is 55.6 Å². The van der Waals surface area contributed by atoms with Gasteiger partial charge in [-0.05, 0) is 42.7 Å². The molecule has 2 aromatic carbocycles. The van der Waals surface area contributed by atoms with E-state index in [1.54, 1.807) is 7.11 Å². The highest BCUT2D eigenvalue weighted by Crippen LogP contribution is 2.25. The first-order chi connectivity index (χ1) is 14.2. The number of methoxy groups -OCH3 is 1. The van der Waals surface area contributed by atoms with Gasteiger partial charge in [0.25, 0.3) is 0 Å². The van der Waals surface area contributed by atoms with Crippen LogP contribution in [0.3, 0.4) is 0 Å². The number of nitrogens with zero attached hydrogens (tertiary/aromatic N) is 1.